The van der Waals surface area contributed by atoms with Crippen molar-refractivity contribution in [3.63, 3.8) is 0 Å². The van der Waals surface area contributed by atoms with Crippen LogP contribution in [0.5, 0.6) is 5.88 Å². The topological polar surface area (TPSA) is 57.9 Å². The lowest BCUT2D eigenvalue weighted by molar-refractivity contribution is 0.397. The number of anilines is 1. The molecule has 0 atom stereocenters. The summed E-state index contributed by atoms with van der Waals surface area (Å²) in [7, 11) is 1.53. The summed E-state index contributed by atoms with van der Waals surface area (Å²) in [6.45, 7) is 3.11. The van der Waals surface area contributed by atoms with E-state index in [-0.39, 0.29) is 0 Å². The monoisotopic (exact) mass is 261 g/mol. The molecule has 1 rings (SSSR count). The van der Waals surface area contributed by atoms with Crippen molar-refractivity contribution >= 4 is 5.69 Å². The molecule has 0 saturated heterocycles. The third-order valence-corrected chi connectivity index (χ3v) is 3.07. The molecule has 1 heterocycles. The number of hydrogen-bond donors (Lipinski definition) is 1. The Morgan fingerprint density at radius 1 is 1.26 bits per heavy atom. The zero-order valence-corrected chi connectivity index (χ0v) is 11.9. The molecular formula is C15H23N3O. The summed E-state index contributed by atoms with van der Waals surface area (Å²) < 4.78 is 5.08. The lowest BCUT2D eigenvalue weighted by Gasteiger charge is -2.09. The normalized spacial score (nSPS) is 9.95. The van der Waals surface area contributed by atoms with Gasteiger partial charge in [0.15, 0.2) is 0 Å². The Labute approximate surface area is 115 Å². The van der Waals surface area contributed by atoms with Gasteiger partial charge in [-0.25, -0.2) is 4.98 Å². The van der Waals surface area contributed by atoms with Crippen molar-refractivity contribution in [2.75, 3.05) is 19.0 Å². The number of hydrogen-bond acceptors (Lipinski definition) is 4. The maximum atomic E-state index is 9.12. The summed E-state index contributed by atoms with van der Waals surface area (Å²) in [5.41, 5.74) is 1.29. The van der Waals surface area contributed by atoms with Gasteiger partial charge in [-0.2, -0.15) is 5.26 Å². The van der Waals surface area contributed by atoms with Gasteiger partial charge in [0.05, 0.1) is 12.8 Å². The molecule has 0 fully saturated rings. The van der Waals surface area contributed by atoms with Gasteiger partial charge in [0, 0.05) is 12.7 Å². The maximum absolute atomic E-state index is 9.12. The van der Waals surface area contributed by atoms with E-state index in [1.807, 2.05) is 6.07 Å². The van der Waals surface area contributed by atoms with Gasteiger partial charge in [-0.1, -0.05) is 39.0 Å². The van der Waals surface area contributed by atoms with E-state index in [1.54, 1.807) is 6.20 Å². The minimum Gasteiger partial charge on any atom is -0.480 e. The molecule has 0 saturated carbocycles. The molecule has 1 aromatic rings. The predicted octanol–water partition coefficient (Wildman–Crippen LogP) is 3.73. The third kappa shape index (κ3) is 5.17. The Kier molecular flexibility index (Phi) is 7.41. The van der Waals surface area contributed by atoms with Gasteiger partial charge in [0.25, 0.3) is 0 Å². The summed E-state index contributed by atoms with van der Waals surface area (Å²) in [4.78, 5) is 4.02. The van der Waals surface area contributed by atoms with Crippen LogP contribution in [0.4, 0.5) is 5.69 Å². The fraction of sp³-hybridized carbons (Fsp3) is 0.600. The van der Waals surface area contributed by atoms with Crippen LogP contribution in [0.15, 0.2) is 12.3 Å². The molecule has 1 aromatic heterocycles. The quantitative estimate of drug-likeness (QED) is 0.688. The van der Waals surface area contributed by atoms with Crippen molar-refractivity contribution in [1.29, 1.82) is 5.26 Å². The van der Waals surface area contributed by atoms with E-state index in [0.717, 1.165) is 18.7 Å². The van der Waals surface area contributed by atoms with Crippen LogP contribution in [0.1, 0.15) is 51.0 Å². The van der Waals surface area contributed by atoms with Gasteiger partial charge in [0.1, 0.15) is 11.6 Å². The first-order valence-corrected chi connectivity index (χ1v) is 7.00. The molecule has 0 aliphatic heterocycles. The summed E-state index contributed by atoms with van der Waals surface area (Å²) in [6, 6.07) is 3.95. The van der Waals surface area contributed by atoms with Crippen molar-refractivity contribution in [3.8, 4) is 11.9 Å². The number of methoxy groups -OCH3 is 1. The van der Waals surface area contributed by atoms with E-state index in [4.69, 9.17) is 10.00 Å². The van der Waals surface area contributed by atoms with Gasteiger partial charge in [-0.05, 0) is 12.5 Å². The molecule has 0 bridgehead atoms. The first-order valence-electron chi connectivity index (χ1n) is 7.00. The summed E-state index contributed by atoms with van der Waals surface area (Å²) in [6.07, 6.45) is 9.23. The van der Waals surface area contributed by atoms with Crippen molar-refractivity contribution in [2.24, 2.45) is 0 Å². The minimum absolute atomic E-state index is 0.385. The highest BCUT2D eigenvalue weighted by Crippen LogP contribution is 2.22. The Morgan fingerprint density at radius 3 is 2.68 bits per heavy atom. The highest BCUT2D eigenvalue weighted by atomic mass is 16.5. The first-order chi connectivity index (χ1) is 9.33. The van der Waals surface area contributed by atoms with Crippen molar-refractivity contribution < 1.29 is 4.74 Å². The van der Waals surface area contributed by atoms with Crippen LogP contribution >= 0.6 is 0 Å². The smallest absolute Gasteiger partial charge is 0.233 e. The Morgan fingerprint density at radius 2 is 2.00 bits per heavy atom. The van der Waals surface area contributed by atoms with Crippen molar-refractivity contribution in [2.45, 2.75) is 45.4 Å². The van der Waals surface area contributed by atoms with Gasteiger partial charge < -0.3 is 10.1 Å². The van der Waals surface area contributed by atoms with Gasteiger partial charge >= 0.3 is 0 Å². The average molecular weight is 261 g/mol. The Balaban J connectivity index is 2.35. The van der Waals surface area contributed by atoms with E-state index in [9.17, 15) is 0 Å². The number of rotatable bonds is 9. The highest BCUT2D eigenvalue weighted by molar-refractivity contribution is 5.61. The zero-order valence-electron chi connectivity index (χ0n) is 11.9. The van der Waals surface area contributed by atoms with Crippen molar-refractivity contribution in [3.05, 3.63) is 17.8 Å². The minimum atomic E-state index is 0.385. The number of nitrogens with zero attached hydrogens (tertiary/aromatic N) is 2. The summed E-state index contributed by atoms with van der Waals surface area (Å²) in [5.74, 6) is 0.385. The Bertz CT molecular complexity index is 412. The van der Waals surface area contributed by atoms with Crippen LogP contribution in [0.3, 0.4) is 0 Å². The van der Waals surface area contributed by atoms with Crippen molar-refractivity contribution in [1.82, 2.24) is 4.98 Å². The third-order valence-electron chi connectivity index (χ3n) is 3.07. The number of aromatic nitrogens is 1. The number of nitrogens with one attached hydrogen (secondary N) is 1. The van der Waals surface area contributed by atoms with Gasteiger partial charge in [-0.3, -0.25) is 0 Å². The number of ether oxygens (including phenoxy) is 1. The lowest BCUT2D eigenvalue weighted by atomic mass is 10.1. The molecule has 0 radical (unpaired) electrons. The van der Waals surface area contributed by atoms with E-state index in [0.29, 0.717) is 11.4 Å². The van der Waals surface area contributed by atoms with E-state index < -0.39 is 0 Å². The molecule has 104 valence electrons. The SMILES string of the molecule is CCCCCCCCNc1ccnc(OC)c1C#N. The molecule has 19 heavy (non-hydrogen) atoms. The predicted molar refractivity (Wildman–Crippen MR) is 77.4 cm³/mol. The molecule has 0 unspecified atom stereocenters. The first kappa shape index (κ1) is 15.3. The molecule has 0 aliphatic carbocycles. The van der Waals surface area contributed by atoms with E-state index in [1.165, 1.54) is 39.2 Å². The van der Waals surface area contributed by atoms with Crippen LogP contribution in [0, 0.1) is 11.3 Å². The molecule has 0 aromatic carbocycles. The van der Waals surface area contributed by atoms with Gasteiger partial charge in [-0.15, -0.1) is 0 Å². The molecule has 4 heteroatoms. The molecule has 0 amide bonds. The van der Waals surface area contributed by atoms with E-state index in [2.05, 4.69) is 23.3 Å². The van der Waals surface area contributed by atoms with Crippen LogP contribution in [0.25, 0.3) is 0 Å². The molecule has 0 aliphatic rings. The largest absolute Gasteiger partial charge is 0.480 e. The Hall–Kier alpha value is -1.76. The highest BCUT2D eigenvalue weighted by Gasteiger charge is 2.08. The number of nitriles is 1. The second kappa shape index (κ2) is 9.21. The fourth-order valence-corrected chi connectivity index (χ4v) is 1.98. The lowest BCUT2D eigenvalue weighted by Crippen LogP contribution is -2.05. The zero-order chi connectivity index (χ0) is 13.9. The van der Waals surface area contributed by atoms with Crippen LogP contribution in [-0.2, 0) is 0 Å². The number of pyridine rings is 1. The second-order valence-electron chi connectivity index (χ2n) is 4.55. The molecule has 1 N–H and O–H groups in total. The number of unbranched alkanes of at least 4 members (excludes halogenated alkanes) is 5. The van der Waals surface area contributed by atoms with Crippen LogP contribution < -0.4 is 10.1 Å². The molecule has 4 nitrogen and oxygen atoms in total. The van der Waals surface area contributed by atoms with Gasteiger partial charge in [0.2, 0.25) is 5.88 Å². The maximum Gasteiger partial charge on any atom is 0.233 e. The molecule has 0 spiro atoms. The second-order valence-corrected chi connectivity index (χ2v) is 4.55. The summed E-state index contributed by atoms with van der Waals surface area (Å²) >= 11 is 0. The van der Waals surface area contributed by atoms with E-state index >= 15 is 0 Å². The molecular weight excluding hydrogens is 238 g/mol. The van der Waals surface area contributed by atoms with Crippen LogP contribution in [0.2, 0.25) is 0 Å². The van der Waals surface area contributed by atoms with Crippen LogP contribution in [-0.4, -0.2) is 18.6 Å². The standard InChI is InChI=1S/C15H23N3O/c1-3-4-5-6-7-8-10-17-14-9-11-18-15(19-2)13(14)12-16/h9,11H,3-8,10H2,1-2H3,(H,17,18). The fourth-order valence-electron chi connectivity index (χ4n) is 1.98. The summed E-state index contributed by atoms with van der Waals surface area (Å²) in [5, 5.41) is 12.4. The average Bonchev–Trinajstić information content (AvgIpc) is 2.45.